The van der Waals surface area contributed by atoms with Crippen molar-refractivity contribution in [2.24, 2.45) is 5.92 Å². The second kappa shape index (κ2) is 5.30. The smallest absolute Gasteiger partial charge is 0.0479 e. The van der Waals surface area contributed by atoms with Crippen molar-refractivity contribution in [1.82, 2.24) is 10.2 Å². The van der Waals surface area contributed by atoms with Crippen molar-refractivity contribution < 1.29 is 0 Å². The highest BCUT2D eigenvalue weighted by molar-refractivity contribution is 7.10. The van der Waals surface area contributed by atoms with Gasteiger partial charge in [-0.05, 0) is 37.4 Å². The van der Waals surface area contributed by atoms with Crippen LogP contribution in [0.5, 0.6) is 0 Å². The lowest BCUT2D eigenvalue weighted by molar-refractivity contribution is 0.273. The van der Waals surface area contributed by atoms with Crippen LogP contribution in [0.15, 0.2) is 17.5 Å². The predicted molar refractivity (Wildman–Crippen MR) is 70.9 cm³/mol. The first-order chi connectivity index (χ1) is 7.68. The maximum atomic E-state index is 3.58. The Morgan fingerprint density at radius 2 is 2.38 bits per heavy atom. The van der Waals surface area contributed by atoms with Gasteiger partial charge in [-0.25, -0.2) is 0 Å². The molecular formula is C13H22N2S. The maximum Gasteiger partial charge on any atom is 0.0479 e. The summed E-state index contributed by atoms with van der Waals surface area (Å²) in [6.45, 7) is 6.81. The van der Waals surface area contributed by atoms with E-state index < -0.39 is 0 Å². The van der Waals surface area contributed by atoms with E-state index in [4.69, 9.17) is 0 Å². The lowest BCUT2D eigenvalue weighted by atomic mass is 9.99. The summed E-state index contributed by atoms with van der Waals surface area (Å²) in [6, 6.07) is 5.67. The van der Waals surface area contributed by atoms with Gasteiger partial charge in [0.1, 0.15) is 0 Å². The van der Waals surface area contributed by atoms with E-state index in [9.17, 15) is 0 Å². The van der Waals surface area contributed by atoms with Crippen LogP contribution in [0.4, 0.5) is 0 Å². The number of hydrogen-bond donors (Lipinski definition) is 1. The van der Waals surface area contributed by atoms with Gasteiger partial charge in [-0.3, -0.25) is 4.90 Å². The van der Waals surface area contributed by atoms with Crippen molar-refractivity contribution in [1.29, 1.82) is 0 Å². The first-order valence-electron chi connectivity index (χ1n) is 6.15. The number of nitrogens with zero attached hydrogens (tertiary/aromatic N) is 1. The molecule has 0 amide bonds. The topological polar surface area (TPSA) is 15.3 Å². The Bertz CT molecular complexity index is 308. The molecule has 0 radical (unpaired) electrons. The molecule has 1 aliphatic heterocycles. The highest BCUT2D eigenvalue weighted by atomic mass is 32.1. The third-order valence-corrected chi connectivity index (χ3v) is 4.34. The summed E-state index contributed by atoms with van der Waals surface area (Å²) in [5.41, 5.74) is 0. The van der Waals surface area contributed by atoms with Crippen LogP contribution in [-0.4, -0.2) is 31.1 Å². The molecule has 1 saturated heterocycles. The molecule has 0 saturated carbocycles. The summed E-state index contributed by atoms with van der Waals surface area (Å²) in [7, 11) is 2.25. The fourth-order valence-corrected chi connectivity index (χ4v) is 3.52. The average molecular weight is 238 g/mol. The van der Waals surface area contributed by atoms with Crippen molar-refractivity contribution in [3.63, 3.8) is 0 Å². The SMILES string of the molecule is CC(C)NCC1CCN(C)C1c1cccs1. The van der Waals surface area contributed by atoms with Gasteiger partial charge in [0.25, 0.3) is 0 Å². The summed E-state index contributed by atoms with van der Waals surface area (Å²) < 4.78 is 0. The Kier molecular flexibility index (Phi) is 4.00. The van der Waals surface area contributed by atoms with Gasteiger partial charge < -0.3 is 5.32 Å². The molecular weight excluding hydrogens is 216 g/mol. The Morgan fingerprint density at radius 1 is 1.56 bits per heavy atom. The molecule has 2 unspecified atom stereocenters. The zero-order chi connectivity index (χ0) is 11.5. The van der Waals surface area contributed by atoms with Crippen LogP contribution < -0.4 is 5.32 Å². The maximum absolute atomic E-state index is 3.58. The quantitative estimate of drug-likeness (QED) is 0.867. The van der Waals surface area contributed by atoms with E-state index in [0.717, 1.165) is 12.5 Å². The van der Waals surface area contributed by atoms with E-state index in [1.54, 1.807) is 0 Å². The third-order valence-electron chi connectivity index (χ3n) is 3.40. The normalized spacial score (nSPS) is 26.8. The first kappa shape index (κ1) is 12.1. The standard InChI is InChI=1S/C13H22N2S/c1-10(2)14-9-11-6-7-15(3)13(11)12-5-4-8-16-12/h4-5,8,10-11,13-14H,6-7,9H2,1-3H3. The Hall–Kier alpha value is -0.380. The van der Waals surface area contributed by atoms with Crippen molar-refractivity contribution in [3.05, 3.63) is 22.4 Å². The number of nitrogens with one attached hydrogen (secondary N) is 1. The second-order valence-electron chi connectivity index (χ2n) is 5.05. The molecule has 1 aliphatic rings. The molecule has 0 aromatic carbocycles. The summed E-state index contributed by atoms with van der Waals surface area (Å²) in [5.74, 6) is 0.769. The Labute approximate surface area is 103 Å². The zero-order valence-electron chi connectivity index (χ0n) is 10.4. The fourth-order valence-electron chi connectivity index (χ4n) is 2.54. The van der Waals surface area contributed by atoms with E-state index >= 15 is 0 Å². The summed E-state index contributed by atoms with van der Waals surface area (Å²) in [4.78, 5) is 4.02. The fraction of sp³-hybridized carbons (Fsp3) is 0.692. The van der Waals surface area contributed by atoms with E-state index in [2.05, 4.69) is 48.6 Å². The summed E-state index contributed by atoms with van der Waals surface area (Å²) in [5, 5.41) is 5.77. The average Bonchev–Trinajstić information content (AvgIpc) is 2.83. The van der Waals surface area contributed by atoms with E-state index in [1.807, 2.05) is 11.3 Å². The van der Waals surface area contributed by atoms with Crippen LogP contribution in [-0.2, 0) is 0 Å². The van der Waals surface area contributed by atoms with Crippen LogP contribution >= 0.6 is 11.3 Å². The van der Waals surface area contributed by atoms with Gasteiger partial charge >= 0.3 is 0 Å². The van der Waals surface area contributed by atoms with E-state index in [1.165, 1.54) is 17.8 Å². The number of hydrogen-bond acceptors (Lipinski definition) is 3. The highest BCUT2D eigenvalue weighted by Crippen LogP contribution is 2.37. The van der Waals surface area contributed by atoms with Crippen molar-refractivity contribution in [3.8, 4) is 0 Å². The minimum atomic E-state index is 0.592. The van der Waals surface area contributed by atoms with Gasteiger partial charge in [-0.15, -0.1) is 11.3 Å². The van der Waals surface area contributed by atoms with Crippen LogP contribution in [0.3, 0.4) is 0 Å². The largest absolute Gasteiger partial charge is 0.314 e. The number of likely N-dealkylation sites (tertiary alicyclic amines) is 1. The van der Waals surface area contributed by atoms with Crippen molar-refractivity contribution in [2.45, 2.75) is 32.4 Å². The summed E-state index contributed by atoms with van der Waals surface area (Å²) in [6.07, 6.45) is 1.32. The van der Waals surface area contributed by atoms with E-state index in [0.29, 0.717) is 12.1 Å². The number of rotatable bonds is 4. The molecule has 1 aromatic rings. The van der Waals surface area contributed by atoms with Gasteiger partial charge in [0.2, 0.25) is 0 Å². The predicted octanol–water partition coefficient (Wildman–Crippen LogP) is 2.74. The lowest BCUT2D eigenvalue weighted by Crippen LogP contribution is -2.31. The van der Waals surface area contributed by atoms with Gasteiger partial charge in [-0.2, -0.15) is 0 Å². The van der Waals surface area contributed by atoms with Crippen LogP contribution in [0.2, 0.25) is 0 Å². The van der Waals surface area contributed by atoms with Crippen LogP contribution in [0.25, 0.3) is 0 Å². The molecule has 2 nitrogen and oxygen atoms in total. The molecule has 1 aromatic heterocycles. The first-order valence-corrected chi connectivity index (χ1v) is 7.03. The molecule has 2 rings (SSSR count). The third kappa shape index (κ3) is 2.65. The van der Waals surface area contributed by atoms with Crippen molar-refractivity contribution >= 4 is 11.3 Å². The number of thiophene rings is 1. The van der Waals surface area contributed by atoms with Crippen molar-refractivity contribution in [2.75, 3.05) is 20.1 Å². The van der Waals surface area contributed by atoms with E-state index in [-0.39, 0.29) is 0 Å². The molecule has 0 bridgehead atoms. The molecule has 0 aliphatic carbocycles. The molecule has 3 heteroatoms. The van der Waals surface area contributed by atoms with Crippen LogP contribution in [0.1, 0.15) is 31.2 Å². The highest BCUT2D eigenvalue weighted by Gasteiger charge is 2.33. The minimum Gasteiger partial charge on any atom is -0.314 e. The minimum absolute atomic E-state index is 0.592. The van der Waals surface area contributed by atoms with Crippen LogP contribution in [0, 0.1) is 5.92 Å². The lowest BCUT2D eigenvalue weighted by Gasteiger charge is -2.25. The molecule has 1 N–H and O–H groups in total. The van der Waals surface area contributed by atoms with Gasteiger partial charge in [0.05, 0.1) is 0 Å². The Morgan fingerprint density at radius 3 is 3.00 bits per heavy atom. The molecule has 2 atom stereocenters. The zero-order valence-corrected chi connectivity index (χ0v) is 11.3. The molecule has 90 valence electrons. The molecule has 1 fully saturated rings. The molecule has 16 heavy (non-hydrogen) atoms. The van der Waals surface area contributed by atoms with Gasteiger partial charge in [0.15, 0.2) is 0 Å². The molecule has 2 heterocycles. The molecule has 0 spiro atoms. The Balaban J connectivity index is 2.02. The van der Waals surface area contributed by atoms with Gasteiger partial charge in [0, 0.05) is 23.5 Å². The monoisotopic (exact) mass is 238 g/mol. The second-order valence-corrected chi connectivity index (χ2v) is 6.03. The summed E-state index contributed by atoms with van der Waals surface area (Å²) >= 11 is 1.89. The van der Waals surface area contributed by atoms with Gasteiger partial charge in [-0.1, -0.05) is 19.9 Å².